The zero-order valence-electron chi connectivity index (χ0n) is 40.7. The average molecular weight is 955 g/mol. The van der Waals surface area contributed by atoms with Gasteiger partial charge in [-0.05, 0) is 163 Å². The Labute approximate surface area is 408 Å². The van der Waals surface area contributed by atoms with Gasteiger partial charge in [0.15, 0.2) is 0 Å². The van der Waals surface area contributed by atoms with Crippen LogP contribution in [0, 0.1) is 20.8 Å². The summed E-state index contributed by atoms with van der Waals surface area (Å²) in [6, 6.07) is 12.3. The van der Waals surface area contributed by atoms with Crippen molar-refractivity contribution in [2.24, 2.45) is 0 Å². The molecule has 9 nitrogen and oxygen atoms in total. The topological polar surface area (TPSA) is 181 Å². The standard InChI is InChI=1S/3C17H26O3S.Al/c3*1-12-10-13(6-5-8-21-9-7-15(18)19)16(20)14(11-12)17(2,3)4;/h3*10-11,20H,5-9H2,1-4H3,(H,18,19);/q;;;+3/p-3. The third kappa shape index (κ3) is 24.5. The van der Waals surface area contributed by atoms with Crippen LogP contribution in [0.2, 0.25) is 0 Å². The van der Waals surface area contributed by atoms with Gasteiger partial charge in [0.2, 0.25) is 0 Å². The van der Waals surface area contributed by atoms with E-state index in [-0.39, 0.29) is 52.9 Å². The number of benzene rings is 3. The number of aryl methyl sites for hydroxylation is 6. The molecule has 0 atom stereocenters. The Balaban J connectivity index is 0.000000923. The first kappa shape index (κ1) is 61.1. The van der Waals surface area contributed by atoms with Gasteiger partial charge >= 0.3 is 17.4 Å². The molecule has 3 aromatic carbocycles. The maximum atomic E-state index is 10.4. The Morgan fingerprint density at radius 1 is 0.438 bits per heavy atom. The molecule has 0 aliphatic rings. The molecule has 354 valence electrons. The van der Waals surface area contributed by atoms with E-state index in [0.717, 1.165) is 106 Å². The number of aromatic hydroxyl groups is 3. The van der Waals surface area contributed by atoms with E-state index < -0.39 is 17.9 Å². The zero-order valence-corrected chi connectivity index (χ0v) is 44.3. The molecule has 0 aromatic heterocycles. The van der Waals surface area contributed by atoms with Crippen LogP contribution in [0.3, 0.4) is 0 Å². The first-order valence-corrected chi connectivity index (χ1v) is 25.4. The second-order valence-corrected chi connectivity index (χ2v) is 22.9. The maximum absolute atomic E-state index is 10.4. The molecule has 0 saturated heterocycles. The van der Waals surface area contributed by atoms with Crippen molar-refractivity contribution in [1.82, 2.24) is 0 Å². The van der Waals surface area contributed by atoms with Crippen LogP contribution in [-0.4, -0.2) is 85.1 Å². The van der Waals surface area contributed by atoms with E-state index in [1.165, 1.54) is 0 Å². The van der Waals surface area contributed by atoms with Crippen molar-refractivity contribution in [3.05, 3.63) is 86.5 Å². The molecule has 3 rings (SSSR count). The molecule has 0 aliphatic carbocycles. The predicted octanol–water partition coefficient (Wildman–Crippen LogP) is 8.03. The number of carbonyl (C=O) groups excluding carboxylic acids is 3. The maximum Gasteiger partial charge on any atom is 3.00 e. The zero-order chi connectivity index (χ0) is 48.1. The fraction of sp³-hybridized carbons (Fsp3) is 0.588. The van der Waals surface area contributed by atoms with Crippen molar-refractivity contribution < 1.29 is 45.0 Å². The molecule has 0 spiro atoms. The van der Waals surface area contributed by atoms with Gasteiger partial charge < -0.3 is 45.0 Å². The van der Waals surface area contributed by atoms with Crippen molar-refractivity contribution in [3.8, 4) is 17.2 Å². The fourth-order valence-electron chi connectivity index (χ4n) is 6.72. The van der Waals surface area contributed by atoms with E-state index in [9.17, 15) is 45.0 Å². The molecule has 64 heavy (non-hydrogen) atoms. The number of rotatable bonds is 21. The van der Waals surface area contributed by atoms with Crippen LogP contribution in [0.1, 0.15) is 151 Å². The van der Waals surface area contributed by atoms with E-state index in [4.69, 9.17) is 0 Å². The van der Waals surface area contributed by atoms with Crippen molar-refractivity contribution in [3.63, 3.8) is 0 Å². The Kier molecular flexibility index (Phi) is 28.3. The summed E-state index contributed by atoms with van der Waals surface area (Å²) in [6.07, 6.45) is 5.55. The van der Waals surface area contributed by atoms with Crippen LogP contribution < -0.4 is 15.3 Å². The number of phenolic OH excluding ortho intramolecular Hbond substituents is 3. The fourth-order valence-corrected chi connectivity index (χ4v) is 9.31. The van der Waals surface area contributed by atoms with Crippen LogP contribution in [0.25, 0.3) is 0 Å². The van der Waals surface area contributed by atoms with Gasteiger partial charge in [-0.15, -0.1) is 0 Å². The Morgan fingerprint density at radius 3 is 0.844 bits per heavy atom. The van der Waals surface area contributed by atoms with Crippen LogP contribution in [0.15, 0.2) is 36.4 Å². The van der Waals surface area contributed by atoms with Gasteiger partial charge in [0.05, 0.1) is 0 Å². The van der Waals surface area contributed by atoms with E-state index in [0.29, 0.717) is 34.5 Å². The SMILES string of the molecule is Cc1cc(CCCSCCC(=O)[O-])c(O)c(C(C)(C)C)c1.Cc1cc(CCCSCCC(=O)[O-])c(O)c(C(C)(C)C)c1.Cc1cc(CCCSCCC(=O)[O-])c(O)c(C(C)(C)C)c1.[Al+3]. The van der Waals surface area contributed by atoms with Gasteiger partial charge in [-0.3, -0.25) is 0 Å². The van der Waals surface area contributed by atoms with Crippen molar-refractivity contribution in [2.45, 2.75) is 157 Å². The van der Waals surface area contributed by atoms with Crippen molar-refractivity contribution in [2.75, 3.05) is 34.5 Å². The monoisotopic (exact) mass is 954 g/mol. The number of thioether (sulfide) groups is 3. The number of phenols is 3. The molecule has 3 N–H and O–H groups in total. The first-order valence-electron chi connectivity index (χ1n) is 22.0. The van der Waals surface area contributed by atoms with E-state index in [2.05, 4.69) is 62.3 Å². The second-order valence-electron chi connectivity index (χ2n) is 19.2. The van der Waals surface area contributed by atoms with E-state index in [1.54, 1.807) is 35.3 Å². The molecule has 0 aliphatic heterocycles. The molecule has 0 radical (unpaired) electrons. The third-order valence-corrected chi connectivity index (χ3v) is 13.2. The summed E-state index contributed by atoms with van der Waals surface area (Å²) in [6.45, 7) is 25.0. The van der Waals surface area contributed by atoms with Crippen LogP contribution in [0.4, 0.5) is 0 Å². The number of carboxylic acids is 3. The normalized spacial score (nSPS) is 11.4. The Hall–Kier alpha value is -2.95. The summed E-state index contributed by atoms with van der Waals surface area (Å²) in [5.41, 5.74) is 9.19. The van der Waals surface area contributed by atoms with Crippen molar-refractivity contribution in [1.29, 1.82) is 0 Å². The first-order chi connectivity index (χ1) is 29.1. The minimum absolute atomic E-state index is 0. The molecule has 0 bridgehead atoms. The van der Waals surface area contributed by atoms with Gasteiger partial charge in [-0.25, -0.2) is 0 Å². The number of carboxylic acid groups (broad SMARTS) is 3. The smallest absolute Gasteiger partial charge is 0.550 e. The molecule has 0 fully saturated rings. The predicted molar refractivity (Wildman–Crippen MR) is 266 cm³/mol. The summed E-state index contributed by atoms with van der Waals surface area (Å²) < 4.78 is 0. The van der Waals surface area contributed by atoms with Gasteiger partial charge in [0.25, 0.3) is 0 Å². The largest absolute Gasteiger partial charge is 3.00 e. The summed E-state index contributed by atoms with van der Waals surface area (Å²) in [4.78, 5) is 30.9. The number of carbonyl (C=O) groups is 3. The van der Waals surface area contributed by atoms with Gasteiger partial charge in [-0.1, -0.05) is 115 Å². The second kappa shape index (κ2) is 29.6. The molecule has 0 amide bonds. The molecule has 0 unspecified atom stereocenters. The number of hydrogen-bond donors (Lipinski definition) is 3. The minimum atomic E-state index is -0.992. The van der Waals surface area contributed by atoms with Crippen LogP contribution in [-0.2, 0) is 49.9 Å². The van der Waals surface area contributed by atoms with Crippen molar-refractivity contribution >= 4 is 70.6 Å². The Morgan fingerprint density at radius 2 is 0.656 bits per heavy atom. The quantitative estimate of drug-likeness (QED) is 0.0692. The average Bonchev–Trinajstić information content (AvgIpc) is 3.15. The van der Waals surface area contributed by atoms with Gasteiger partial charge in [0.1, 0.15) is 17.2 Å². The summed E-state index contributed by atoms with van der Waals surface area (Å²) in [5.74, 6) is 2.72. The third-order valence-electron chi connectivity index (χ3n) is 9.98. The molecular weight excluding hydrogens is 880 g/mol. The number of hydrogen-bond acceptors (Lipinski definition) is 12. The van der Waals surface area contributed by atoms with Crippen LogP contribution in [0.5, 0.6) is 17.2 Å². The summed E-state index contributed by atoms with van der Waals surface area (Å²) >= 11 is 4.85. The minimum Gasteiger partial charge on any atom is -0.550 e. The van der Waals surface area contributed by atoms with E-state index >= 15 is 0 Å². The molecule has 0 saturated carbocycles. The van der Waals surface area contributed by atoms with Gasteiger partial charge in [-0.2, -0.15) is 35.3 Å². The summed E-state index contributed by atoms with van der Waals surface area (Å²) in [5, 5.41) is 62.2. The Bertz CT molecular complexity index is 1690. The van der Waals surface area contributed by atoms with Crippen LogP contribution >= 0.6 is 35.3 Å². The van der Waals surface area contributed by atoms with Gasteiger partial charge in [0, 0.05) is 17.9 Å². The van der Waals surface area contributed by atoms with E-state index in [1.807, 2.05) is 57.2 Å². The summed E-state index contributed by atoms with van der Waals surface area (Å²) in [7, 11) is 0. The molecule has 0 heterocycles. The molecular formula is C51H75AlO9S3. The molecule has 13 heteroatoms. The number of aliphatic carboxylic acids is 3. The molecule has 3 aromatic rings.